The molecule has 60 heavy (non-hydrogen) atoms. The maximum Gasteiger partial charge on any atom is 0.137 e. The van der Waals surface area contributed by atoms with Gasteiger partial charge in [0, 0.05) is 65.9 Å². The molecule has 0 saturated heterocycles. The highest BCUT2D eigenvalue weighted by Crippen LogP contribution is 2.55. The van der Waals surface area contributed by atoms with Crippen LogP contribution in [0.25, 0.3) is 64.4 Å². The number of benzene rings is 8. The molecule has 0 amide bonds. The number of fused-ring (bicyclic) bond motifs is 7. The molecule has 286 valence electrons. The van der Waals surface area contributed by atoms with Gasteiger partial charge in [-0.1, -0.05) is 111 Å². The zero-order valence-corrected chi connectivity index (χ0v) is 34.7. The highest BCUT2D eigenvalue weighted by atomic mass is 32.1. The molecule has 0 aliphatic carbocycles. The van der Waals surface area contributed by atoms with Gasteiger partial charge in [-0.2, -0.15) is 0 Å². The molecule has 0 bridgehead atoms. The van der Waals surface area contributed by atoms with Gasteiger partial charge in [0.15, 0.2) is 0 Å². The summed E-state index contributed by atoms with van der Waals surface area (Å²) in [5.74, 6) is 0. The van der Waals surface area contributed by atoms with E-state index in [2.05, 4.69) is 216 Å². The van der Waals surface area contributed by atoms with Crippen LogP contribution in [0.1, 0.15) is 25.0 Å². The lowest BCUT2D eigenvalue weighted by atomic mass is 9.73. The predicted molar refractivity (Wildman–Crippen MR) is 257 cm³/mol. The van der Waals surface area contributed by atoms with Crippen molar-refractivity contribution < 1.29 is 4.42 Å². The summed E-state index contributed by atoms with van der Waals surface area (Å²) in [7, 11) is 0. The predicted octanol–water partition coefficient (Wildman–Crippen LogP) is 16.9. The minimum atomic E-state index is -0.235. The van der Waals surface area contributed by atoms with Crippen molar-refractivity contribution in [2.24, 2.45) is 0 Å². The third kappa shape index (κ3) is 5.33. The van der Waals surface area contributed by atoms with E-state index in [4.69, 9.17) is 4.42 Å². The largest absolute Gasteiger partial charge is 0.456 e. The molecule has 0 saturated carbocycles. The molecule has 0 unspecified atom stereocenters. The van der Waals surface area contributed by atoms with Gasteiger partial charge in [0.25, 0.3) is 0 Å². The van der Waals surface area contributed by atoms with Gasteiger partial charge in [-0.05, 0) is 122 Å². The quantitative estimate of drug-likeness (QED) is 0.156. The molecule has 0 fully saturated rings. The minimum Gasteiger partial charge on any atom is -0.456 e. The van der Waals surface area contributed by atoms with Crippen molar-refractivity contribution in [3.8, 4) is 20.9 Å². The van der Waals surface area contributed by atoms with E-state index >= 15 is 0 Å². The Morgan fingerprint density at radius 1 is 0.433 bits per heavy atom. The van der Waals surface area contributed by atoms with Crippen LogP contribution in [-0.2, 0) is 5.41 Å². The van der Waals surface area contributed by atoms with Crippen molar-refractivity contribution in [2.75, 3.05) is 9.80 Å². The molecule has 0 atom stereocenters. The van der Waals surface area contributed by atoms with E-state index < -0.39 is 0 Å². The van der Waals surface area contributed by atoms with Crippen LogP contribution in [0.3, 0.4) is 0 Å². The van der Waals surface area contributed by atoms with Crippen LogP contribution in [0.15, 0.2) is 197 Å². The molecule has 1 aliphatic rings. The highest BCUT2D eigenvalue weighted by Gasteiger charge is 2.38. The molecule has 0 radical (unpaired) electrons. The third-order valence-electron chi connectivity index (χ3n) is 12.4. The average molecular weight is 807 g/mol. The number of rotatable bonds is 6. The normalized spacial score (nSPS) is 13.3. The molecule has 11 aromatic rings. The first-order chi connectivity index (χ1) is 29.5. The summed E-state index contributed by atoms with van der Waals surface area (Å²) in [5.41, 5.74) is 13.5. The number of thiophene rings is 2. The highest BCUT2D eigenvalue weighted by molar-refractivity contribution is 7.14. The van der Waals surface area contributed by atoms with Crippen LogP contribution in [0.4, 0.5) is 34.1 Å². The van der Waals surface area contributed by atoms with E-state index in [9.17, 15) is 0 Å². The average Bonchev–Trinajstić information content (AvgIpc) is 4.09. The number of anilines is 6. The summed E-state index contributed by atoms with van der Waals surface area (Å²) in [6, 6.07) is 66.4. The van der Waals surface area contributed by atoms with Crippen molar-refractivity contribution in [1.29, 1.82) is 0 Å². The topological polar surface area (TPSA) is 19.6 Å². The maximum atomic E-state index is 6.56. The summed E-state index contributed by atoms with van der Waals surface area (Å²) in [5, 5.41) is 11.6. The van der Waals surface area contributed by atoms with Crippen LogP contribution in [0.5, 0.6) is 0 Å². The third-order valence-corrected chi connectivity index (χ3v) is 14.2. The van der Waals surface area contributed by atoms with Gasteiger partial charge in [-0.25, -0.2) is 0 Å². The summed E-state index contributed by atoms with van der Waals surface area (Å²) in [4.78, 5) is 7.33. The van der Waals surface area contributed by atoms with Crippen LogP contribution in [0.2, 0.25) is 0 Å². The SMILES string of the molecule is CC1(C)c2ccccc2N(c2ccc3c(-c4cccs4)c4cc(N(c5ccccc5)c5ccccc5)ccc4c(-c4cccs4)c3c2)c2cc3oc4ccccc4c3cc21. The Bertz CT molecular complexity index is 3360. The van der Waals surface area contributed by atoms with Crippen molar-refractivity contribution in [3.05, 3.63) is 204 Å². The molecule has 12 rings (SSSR count). The van der Waals surface area contributed by atoms with E-state index in [0.717, 1.165) is 50.4 Å². The van der Waals surface area contributed by atoms with Gasteiger partial charge in [-0.3, -0.25) is 0 Å². The van der Waals surface area contributed by atoms with Gasteiger partial charge in [-0.15, -0.1) is 22.7 Å². The molecule has 1 aliphatic heterocycles. The standard InChI is InChI=1S/C55H38N2OS2/c1-55(2)45-20-10-11-21-47(45)57(48-34-50-42(33-46(48)55)39-19-9-12-22-49(39)58-50)38-26-28-41-44(32-38)54(52-24-14-30-60-52)40-27-25-37(31-43(40)53(41)51-23-13-29-59-51)56(35-15-5-3-6-16-35)36-17-7-4-8-18-36/h3-34H,1-2H3. The van der Waals surface area contributed by atoms with Crippen LogP contribution < -0.4 is 9.80 Å². The van der Waals surface area contributed by atoms with E-state index in [0.29, 0.717) is 0 Å². The second-order valence-electron chi connectivity index (χ2n) is 16.1. The first kappa shape index (κ1) is 35.1. The zero-order valence-electron chi connectivity index (χ0n) is 33.1. The van der Waals surface area contributed by atoms with Crippen molar-refractivity contribution in [2.45, 2.75) is 19.3 Å². The monoisotopic (exact) mass is 806 g/mol. The molecule has 0 spiro atoms. The van der Waals surface area contributed by atoms with Crippen LogP contribution in [0, 0.1) is 0 Å². The van der Waals surface area contributed by atoms with Crippen molar-refractivity contribution >= 4 is 100 Å². The second-order valence-corrected chi connectivity index (χ2v) is 18.0. The fourth-order valence-electron chi connectivity index (χ4n) is 9.65. The lowest BCUT2D eigenvalue weighted by Crippen LogP contribution is -2.30. The minimum absolute atomic E-state index is 0.235. The fourth-order valence-corrected chi connectivity index (χ4v) is 11.3. The Kier molecular flexibility index (Phi) is 7.93. The van der Waals surface area contributed by atoms with Crippen molar-refractivity contribution in [3.63, 3.8) is 0 Å². The molecule has 4 heterocycles. The Morgan fingerprint density at radius 2 is 1.05 bits per heavy atom. The van der Waals surface area contributed by atoms with Crippen molar-refractivity contribution in [1.82, 2.24) is 0 Å². The first-order valence-electron chi connectivity index (χ1n) is 20.4. The molecule has 3 aromatic heterocycles. The van der Waals surface area contributed by atoms with Gasteiger partial charge in [0.2, 0.25) is 0 Å². The maximum absolute atomic E-state index is 6.56. The smallest absolute Gasteiger partial charge is 0.137 e. The van der Waals surface area contributed by atoms with E-state index in [1.165, 1.54) is 59.2 Å². The fraction of sp³-hybridized carbons (Fsp3) is 0.0545. The Morgan fingerprint density at radius 3 is 1.73 bits per heavy atom. The summed E-state index contributed by atoms with van der Waals surface area (Å²) < 4.78 is 6.56. The number of para-hydroxylation sites is 4. The summed E-state index contributed by atoms with van der Waals surface area (Å²) in [6.07, 6.45) is 0. The molecule has 0 N–H and O–H groups in total. The number of furan rings is 1. The molecule has 3 nitrogen and oxygen atoms in total. The number of nitrogens with zero attached hydrogens (tertiary/aromatic N) is 2. The molecule has 5 heteroatoms. The van der Waals surface area contributed by atoms with E-state index in [-0.39, 0.29) is 5.41 Å². The summed E-state index contributed by atoms with van der Waals surface area (Å²) in [6.45, 7) is 4.71. The number of hydrogen-bond acceptors (Lipinski definition) is 5. The van der Waals surface area contributed by atoms with Crippen LogP contribution in [-0.4, -0.2) is 0 Å². The summed E-state index contributed by atoms with van der Waals surface area (Å²) >= 11 is 3.60. The molecular formula is C55H38N2OS2. The van der Waals surface area contributed by atoms with E-state index in [1.807, 2.05) is 0 Å². The lowest BCUT2D eigenvalue weighted by molar-refractivity contribution is 0.630. The Labute approximate surface area is 356 Å². The van der Waals surface area contributed by atoms with Gasteiger partial charge in [0.05, 0.1) is 11.4 Å². The van der Waals surface area contributed by atoms with Gasteiger partial charge >= 0.3 is 0 Å². The number of hydrogen-bond donors (Lipinski definition) is 0. The van der Waals surface area contributed by atoms with Gasteiger partial charge < -0.3 is 14.2 Å². The molecule has 8 aromatic carbocycles. The Balaban J connectivity index is 1.15. The zero-order chi connectivity index (χ0) is 40.0. The second kappa shape index (κ2) is 13.6. The Hall–Kier alpha value is -6.92. The van der Waals surface area contributed by atoms with E-state index in [1.54, 1.807) is 22.7 Å². The van der Waals surface area contributed by atoms with Gasteiger partial charge in [0.1, 0.15) is 11.2 Å². The van der Waals surface area contributed by atoms with Crippen LogP contribution >= 0.6 is 22.7 Å². The lowest BCUT2D eigenvalue weighted by Gasteiger charge is -2.42. The molecular weight excluding hydrogens is 769 g/mol. The first-order valence-corrected chi connectivity index (χ1v) is 22.2.